The highest BCUT2D eigenvalue weighted by atomic mass is 19.1. The Balaban J connectivity index is 2.09. The van der Waals surface area contributed by atoms with Crippen molar-refractivity contribution in [3.8, 4) is 11.1 Å². The van der Waals surface area contributed by atoms with Crippen molar-refractivity contribution in [2.24, 2.45) is 0 Å². The second kappa shape index (κ2) is 6.48. The molecule has 0 heterocycles. The normalized spacial score (nSPS) is 12.4. The van der Waals surface area contributed by atoms with Crippen molar-refractivity contribution in [1.29, 1.82) is 0 Å². The minimum Gasteiger partial charge on any atom is -0.317 e. The lowest BCUT2D eigenvalue weighted by atomic mass is 10.0. The number of benzene rings is 2. The molecule has 1 unspecified atom stereocenters. The number of hydrogen-bond acceptors (Lipinski definition) is 1. The summed E-state index contributed by atoms with van der Waals surface area (Å²) in [5.74, 6) is -0.168. The first kappa shape index (κ1) is 13.8. The lowest BCUT2D eigenvalue weighted by molar-refractivity contribution is 0.565. The molecule has 0 aliphatic carbocycles. The van der Waals surface area contributed by atoms with Gasteiger partial charge in [-0.15, -0.1) is 0 Å². The lowest BCUT2D eigenvalue weighted by Crippen LogP contribution is -2.21. The first-order valence-corrected chi connectivity index (χ1v) is 6.72. The third-order valence-corrected chi connectivity index (χ3v) is 3.50. The van der Waals surface area contributed by atoms with Crippen molar-refractivity contribution >= 4 is 0 Å². The van der Waals surface area contributed by atoms with Crippen LogP contribution < -0.4 is 5.32 Å². The molecule has 0 amide bonds. The van der Waals surface area contributed by atoms with E-state index in [0.29, 0.717) is 11.6 Å². The standard InChI is InChI=1S/C17H20FN/c1-13(19-2)7-8-14-9-11-15(12-10-14)16-5-3-4-6-17(16)18/h3-6,9-13,19H,7-8H2,1-2H3. The van der Waals surface area contributed by atoms with E-state index in [0.717, 1.165) is 18.4 Å². The van der Waals surface area contributed by atoms with Crippen molar-refractivity contribution < 1.29 is 4.39 Å². The summed E-state index contributed by atoms with van der Waals surface area (Å²) in [6, 6.07) is 15.6. The van der Waals surface area contributed by atoms with E-state index in [1.165, 1.54) is 11.6 Å². The molecule has 0 aromatic heterocycles. The Morgan fingerprint density at radius 1 is 1.05 bits per heavy atom. The van der Waals surface area contributed by atoms with Gasteiger partial charge in [-0.3, -0.25) is 0 Å². The highest BCUT2D eigenvalue weighted by Crippen LogP contribution is 2.23. The van der Waals surface area contributed by atoms with Gasteiger partial charge in [-0.2, -0.15) is 0 Å². The second-order valence-corrected chi connectivity index (χ2v) is 4.91. The third-order valence-electron chi connectivity index (χ3n) is 3.50. The zero-order valence-corrected chi connectivity index (χ0v) is 11.5. The van der Waals surface area contributed by atoms with Crippen LogP contribution in [0.25, 0.3) is 11.1 Å². The van der Waals surface area contributed by atoms with Gasteiger partial charge in [0.15, 0.2) is 0 Å². The number of rotatable bonds is 5. The van der Waals surface area contributed by atoms with E-state index in [1.54, 1.807) is 6.07 Å². The molecule has 0 saturated carbocycles. The molecule has 0 fully saturated rings. The molecule has 1 nitrogen and oxygen atoms in total. The zero-order chi connectivity index (χ0) is 13.7. The van der Waals surface area contributed by atoms with E-state index in [-0.39, 0.29) is 5.82 Å². The summed E-state index contributed by atoms with van der Waals surface area (Å²) in [6.07, 6.45) is 2.15. The van der Waals surface area contributed by atoms with Crippen LogP contribution in [0.4, 0.5) is 4.39 Å². The van der Waals surface area contributed by atoms with Gasteiger partial charge in [0.25, 0.3) is 0 Å². The molecular weight excluding hydrogens is 237 g/mol. The molecule has 2 heteroatoms. The SMILES string of the molecule is CNC(C)CCc1ccc(-c2ccccc2F)cc1. The Hall–Kier alpha value is -1.67. The predicted molar refractivity (Wildman–Crippen MR) is 78.7 cm³/mol. The number of nitrogens with one attached hydrogen (secondary N) is 1. The van der Waals surface area contributed by atoms with Crippen LogP contribution in [0, 0.1) is 5.82 Å². The van der Waals surface area contributed by atoms with Gasteiger partial charge in [-0.1, -0.05) is 42.5 Å². The maximum atomic E-state index is 13.7. The summed E-state index contributed by atoms with van der Waals surface area (Å²) in [5.41, 5.74) is 2.89. The van der Waals surface area contributed by atoms with Crippen molar-refractivity contribution in [2.75, 3.05) is 7.05 Å². The van der Waals surface area contributed by atoms with E-state index in [9.17, 15) is 4.39 Å². The van der Waals surface area contributed by atoms with E-state index in [4.69, 9.17) is 0 Å². The van der Waals surface area contributed by atoms with Crippen molar-refractivity contribution in [3.63, 3.8) is 0 Å². The van der Waals surface area contributed by atoms with E-state index >= 15 is 0 Å². The van der Waals surface area contributed by atoms with E-state index in [2.05, 4.69) is 24.4 Å². The summed E-state index contributed by atoms with van der Waals surface area (Å²) >= 11 is 0. The number of aryl methyl sites for hydroxylation is 1. The van der Waals surface area contributed by atoms with Crippen LogP contribution in [0.2, 0.25) is 0 Å². The van der Waals surface area contributed by atoms with Crippen molar-refractivity contribution in [3.05, 3.63) is 59.9 Å². The molecule has 2 aromatic carbocycles. The van der Waals surface area contributed by atoms with Gasteiger partial charge in [0, 0.05) is 11.6 Å². The second-order valence-electron chi connectivity index (χ2n) is 4.91. The maximum absolute atomic E-state index is 13.7. The Bertz CT molecular complexity index is 519. The first-order chi connectivity index (χ1) is 9.20. The summed E-state index contributed by atoms with van der Waals surface area (Å²) in [7, 11) is 1.98. The fourth-order valence-corrected chi connectivity index (χ4v) is 2.07. The number of halogens is 1. The summed E-state index contributed by atoms with van der Waals surface area (Å²) in [4.78, 5) is 0. The van der Waals surface area contributed by atoms with Gasteiger partial charge in [0.2, 0.25) is 0 Å². The van der Waals surface area contributed by atoms with Gasteiger partial charge < -0.3 is 5.32 Å². The van der Waals surface area contributed by atoms with Gasteiger partial charge in [-0.25, -0.2) is 4.39 Å². The summed E-state index contributed by atoms with van der Waals surface area (Å²) < 4.78 is 13.7. The van der Waals surface area contributed by atoms with Crippen LogP contribution in [-0.4, -0.2) is 13.1 Å². The van der Waals surface area contributed by atoms with Crippen LogP contribution in [0.3, 0.4) is 0 Å². The quantitative estimate of drug-likeness (QED) is 0.852. The largest absolute Gasteiger partial charge is 0.317 e. The monoisotopic (exact) mass is 257 g/mol. The molecule has 0 aliphatic rings. The molecule has 1 N–H and O–H groups in total. The van der Waals surface area contributed by atoms with Crippen molar-refractivity contribution in [2.45, 2.75) is 25.8 Å². The zero-order valence-electron chi connectivity index (χ0n) is 11.5. The van der Waals surface area contributed by atoms with Crippen LogP contribution in [0.15, 0.2) is 48.5 Å². The van der Waals surface area contributed by atoms with Crippen LogP contribution in [0.5, 0.6) is 0 Å². The van der Waals surface area contributed by atoms with Crippen LogP contribution in [-0.2, 0) is 6.42 Å². The van der Waals surface area contributed by atoms with Gasteiger partial charge in [0.05, 0.1) is 0 Å². The minimum atomic E-state index is -0.168. The molecule has 0 saturated heterocycles. The Morgan fingerprint density at radius 3 is 2.37 bits per heavy atom. The molecule has 0 radical (unpaired) electrons. The minimum absolute atomic E-state index is 0.168. The lowest BCUT2D eigenvalue weighted by Gasteiger charge is -2.10. The summed E-state index contributed by atoms with van der Waals surface area (Å²) in [5, 5.41) is 3.23. The number of hydrogen-bond donors (Lipinski definition) is 1. The summed E-state index contributed by atoms with van der Waals surface area (Å²) in [6.45, 7) is 2.17. The topological polar surface area (TPSA) is 12.0 Å². The Morgan fingerprint density at radius 2 is 1.74 bits per heavy atom. The van der Waals surface area contributed by atoms with Gasteiger partial charge in [-0.05, 0) is 44.0 Å². The molecule has 0 spiro atoms. The van der Waals surface area contributed by atoms with E-state index in [1.807, 2.05) is 31.3 Å². The molecule has 1 atom stereocenters. The average molecular weight is 257 g/mol. The molecule has 0 aliphatic heterocycles. The molecular formula is C17H20FN. The molecule has 19 heavy (non-hydrogen) atoms. The van der Waals surface area contributed by atoms with Crippen LogP contribution in [0.1, 0.15) is 18.9 Å². The van der Waals surface area contributed by atoms with Gasteiger partial charge in [0.1, 0.15) is 5.82 Å². The van der Waals surface area contributed by atoms with E-state index < -0.39 is 0 Å². The van der Waals surface area contributed by atoms with Gasteiger partial charge >= 0.3 is 0 Å². The maximum Gasteiger partial charge on any atom is 0.131 e. The third kappa shape index (κ3) is 3.65. The molecule has 100 valence electrons. The molecule has 0 bridgehead atoms. The molecule has 2 rings (SSSR count). The Kier molecular flexibility index (Phi) is 4.69. The van der Waals surface area contributed by atoms with Crippen molar-refractivity contribution in [1.82, 2.24) is 5.32 Å². The fraction of sp³-hybridized carbons (Fsp3) is 0.294. The first-order valence-electron chi connectivity index (χ1n) is 6.72. The predicted octanol–water partition coefficient (Wildman–Crippen LogP) is 4.03. The highest BCUT2D eigenvalue weighted by Gasteiger charge is 2.04. The fourth-order valence-electron chi connectivity index (χ4n) is 2.07. The average Bonchev–Trinajstić information content (AvgIpc) is 2.46. The molecule has 2 aromatic rings. The van der Waals surface area contributed by atoms with Crippen LogP contribution >= 0.6 is 0 Å². The highest BCUT2D eigenvalue weighted by molar-refractivity contribution is 5.64. The Labute approximate surface area is 114 Å². The smallest absolute Gasteiger partial charge is 0.131 e.